The first-order chi connectivity index (χ1) is 23.7. The lowest BCUT2D eigenvalue weighted by Gasteiger charge is -2.18. The molecule has 41 heavy (non-hydrogen) atoms. The monoisotopic (exact) mass is 544 g/mol. The van der Waals surface area contributed by atoms with E-state index in [4.69, 9.17) is 5.48 Å². The van der Waals surface area contributed by atoms with Crippen molar-refractivity contribution in [2.24, 2.45) is 0 Å². The van der Waals surface area contributed by atoms with Gasteiger partial charge in [0.05, 0.1) is 11.0 Å². The van der Waals surface area contributed by atoms with Crippen molar-refractivity contribution in [1.82, 2.24) is 0 Å². The Morgan fingerprint density at radius 3 is 1.71 bits per heavy atom. The highest BCUT2D eigenvalue weighted by Crippen LogP contribution is 2.48. The van der Waals surface area contributed by atoms with Gasteiger partial charge in [-0.1, -0.05) is 127 Å². The molecule has 0 aliphatic carbocycles. The van der Waals surface area contributed by atoms with Gasteiger partial charge in [0.25, 0.3) is 0 Å². The maximum atomic E-state index is 9.34. The van der Waals surface area contributed by atoms with Gasteiger partial charge in [-0.2, -0.15) is 0 Å². The molecule has 0 radical (unpaired) electrons. The van der Waals surface area contributed by atoms with Crippen LogP contribution >= 0.6 is 11.3 Å². The van der Waals surface area contributed by atoms with E-state index in [0.29, 0.717) is 22.3 Å². The van der Waals surface area contributed by atoms with Crippen LogP contribution in [-0.4, -0.2) is 0 Å². The molecule has 0 saturated carbocycles. The van der Waals surface area contributed by atoms with Crippen LogP contribution in [0.4, 0.5) is 0 Å². The zero-order valence-corrected chi connectivity index (χ0v) is 22.5. The third-order valence-electron chi connectivity index (χ3n) is 8.05. The van der Waals surface area contributed by atoms with Gasteiger partial charge in [0, 0.05) is 25.7 Å². The van der Waals surface area contributed by atoms with E-state index < -0.39 is 24.2 Å². The summed E-state index contributed by atoms with van der Waals surface area (Å²) >= 11 is 1.57. The molecule has 0 unspecified atom stereocenters. The number of thiophene rings is 1. The molecule has 0 amide bonds. The SMILES string of the molecule is [2H]c1c([2H])c([2H])c2c(-c3cccc4c3sc3cc5ccccc5cc34)c3c([2H])c([2H])c([2H])c([2H])c3c(-c3ccc4ccccc4c3)c2c1[2H]. The topological polar surface area (TPSA) is 0 Å². The third-order valence-corrected chi connectivity index (χ3v) is 9.25. The van der Waals surface area contributed by atoms with Gasteiger partial charge < -0.3 is 0 Å². The minimum absolute atomic E-state index is 0.220. The lowest BCUT2D eigenvalue weighted by molar-refractivity contribution is 1.69. The number of benzene rings is 8. The van der Waals surface area contributed by atoms with Crippen molar-refractivity contribution in [2.45, 2.75) is 0 Å². The van der Waals surface area contributed by atoms with Gasteiger partial charge in [0.2, 0.25) is 0 Å². The van der Waals surface area contributed by atoms with Crippen LogP contribution in [0.5, 0.6) is 0 Å². The van der Waals surface area contributed by atoms with Crippen LogP contribution < -0.4 is 0 Å². The first-order valence-electron chi connectivity index (χ1n) is 17.4. The largest absolute Gasteiger partial charge is 0.135 e. The predicted molar refractivity (Wildman–Crippen MR) is 180 cm³/mol. The summed E-state index contributed by atoms with van der Waals surface area (Å²) in [7, 11) is 0. The fourth-order valence-corrected chi connectivity index (χ4v) is 7.46. The number of rotatable bonds is 2. The van der Waals surface area contributed by atoms with Crippen molar-refractivity contribution >= 4 is 74.6 Å². The average Bonchev–Trinajstić information content (AvgIpc) is 3.49. The molecule has 0 bridgehead atoms. The molecular formula is C40H24S. The van der Waals surface area contributed by atoms with E-state index in [0.717, 1.165) is 41.7 Å². The van der Waals surface area contributed by atoms with Crippen LogP contribution in [0, 0.1) is 0 Å². The van der Waals surface area contributed by atoms with Crippen LogP contribution in [0.1, 0.15) is 11.0 Å². The molecule has 9 aromatic rings. The van der Waals surface area contributed by atoms with E-state index in [1.807, 2.05) is 72.8 Å². The smallest absolute Gasteiger partial charge is 0.0629 e. The fourth-order valence-electron chi connectivity index (χ4n) is 6.21. The van der Waals surface area contributed by atoms with E-state index in [2.05, 4.69) is 24.3 Å². The maximum absolute atomic E-state index is 9.34. The van der Waals surface area contributed by atoms with E-state index >= 15 is 0 Å². The summed E-state index contributed by atoms with van der Waals surface area (Å²) in [6.45, 7) is 0. The Morgan fingerprint density at radius 2 is 1.02 bits per heavy atom. The van der Waals surface area contributed by atoms with Gasteiger partial charge in [-0.15, -0.1) is 11.3 Å². The molecule has 0 saturated heterocycles. The van der Waals surface area contributed by atoms with E-state index in [-0.39, 0.29) is 45.7 Å². The van der Waals surface area contributed by atoms with Crippen molar-refractivity contribution in [3.05, 3.63) is 145 Å². The minimum Gasteiger partial charge on any atom is -0.135 e. The third kappa shape index (κ3) is 3.40. The van der Waals surface area contributed by atoms with Gasteiger partial charge in [-0.3, -0.25) is 0 Å². The Hall–Kier alpha value is -4.98. The standard InChI is InChI=1S/C40H24S/c1-2-11-26-22-29(21-20-25(26)10-1)38-30-14-5-7-16-32(30)39(33-17-8-6-15-31(33)38)35-19-9-18-34-36-23-27-12-3-4-13-28(27)24-37(36)41-40(34)35/h1-24H/i5D,6D,7D,8D,14D,15D,16D,17D. The summed E-state index contributed by atoms with van der Waals surface area (Å²) in [5.74, 6) is 0. The van der Waals surface area contributed by atoms with Crippen molar-refractivity contribution < 1.29 is 11.0 Å². The van der Waals surface area contributed by atoms with Crippen LogP contribution in [0.15, 0.2) is 145 Å². The zero-order chi connectivity index (χ0) is 33.9. The van der Waals surface area contributed by atoms with E-state index in [1.54, 1.807) is 11.3 Å². The number of hydrogen-bond donors (Lipinski definition) is 0. The Balaban J connectivity index is 1.55. The van der Waals surface area contributed by atoms with Gasteiger partial charge in [0.1, 0.15) is 0 Å². The van der Waals surface area contributed by atoms with Crippen molar-refractivity contribution in [3.63, 3.8) is 0 Å². The molecule has 0 fully saturated rings. The molecule has 0 aliphatic rings. The summed E-state index contributed by atoms with van der Waals surface area (Å²) in [6, 6.07) is 29.1. The highest BCUT2D eigenvalue weighted by Gasteiger charge is 2.19. The highest BCUT2D eigenvalue weighted by molar-refractivity contribution is 7.26. The Labute approximate surface area is 253 Å². The van der Waals surface area contributed by atoms with Crippen molar-refractivity contribution in [1.29, 1.82) is 0 Å². The average molecular weight is 545 g/mol. The maximum Gasteiger partial charge on any atom is 0.0629 e. The summed E-state index contributed by atoms with van der Waals surface area (Å²) in [5, 5.41) is 6.97. The molecule has 1 aromatic heterocycles. The Bertz CT molecular complexity index is 2850. The lowest BCUT2D eigenvalue weighted by atomic mass is 9.85. The second-order valence-electron chi connectivity index (χ2n) is 10.3. The van der Waals surface area contributed by atoms with Gasteiger partial charge in [0.15, 0.2) is 0 Å². The predicted octanol–water partition coefficient (Wildman–Crippen LogP) is 12.0. The molecule has 0 aliphatic heterocycles. The highest BCUT2D eigenvalue weighted by atomic mass is 32.1. The Morgan fingerprint density at radius 1 is 0.439 bits per heavy atom. The lowest BCUT2D eigenvalue weighted by Crippen LogP contribution is -1.91. The number of hydrogen-bond acceptors (Lipinski definition) is 1. The van der Waals surface area contributed by atoms with E-state index in [9.17, 15) is 5.48 Å². The molecule has 0 N–H and O–H groups in total. The molecule has 1 heterocycles. The van der Waals surface area contributed by atoms with E-state index in [1.165, 1.54) is 0 Å². The minimum atomic E-state index is -0.405. The second-order valence-corrected chi connectivity index (χ2v) is 11.3. The van der Waals surface area contributed by atoms with Crippen LogP contribution in [0.25, 0.3) is 85.5 Å². The van der Waals surface area contributed by atoms with Crippen LogP contribution in [0.2, 0.25) is 0 Å². The van der Waals surface area contributed by atoms with Gasteiger partial charge >= 0.3 is 0 Å². The molecule has 0 nitrogen and oxygen atoms in total. The van der Waals surface area contributed by atoms with Crippen molar-refractivity contribution in [2.75, 3.05) is 0 Å². The fraction of sp³-hybridized carbons (Fsp3) is 0. The summed E-state index contributed by atoms with van der Waals surface area (Å²) < 4.78 is 74.2. The summed E-state index contributed by atoms with van der Waals surface area (Å²) in [4.78, 5) is 0. The number of fused-ring (bicyclic) bond motifs is 7. The molecule has 1 heteroatoms. The molecule has 8 aromatic carbocycles. The molecule has 190 valence electrons. The van der Waals surface area contributed by atoms with Gasteiger partial charge in [-0.25, -0.2) is 0 Å². The summed E-state index contributed by atoms with van der Waals surface area (Å²) in [5.41, 5.74) is 1.98. The Kier molecular flexibility index (Phi) is 3.49. The summed E-state index contributed by atoms with van der Waals surface area (Å²) in [6.07, 6.45) is 0. The molecule has 9 rings (SSSR count). The van der Waals surface area contributed by atoms with Crippen LogP contribution in [0.3, 0.4) is 0 Å². The second kappa shape index (κ2) is 8.76. The normalized spacial score (nSPS) is 14.6. The zero-order valence-electron chi connectivity index (χ0n) is 29.6. The first kappa shape index (κ1) is 16.3. The van der Waals surface area contributed by atoms with Crippen LogP contribution in [-0.2, 0) is 0 Å². The van der Waals surface area contributed by atoms with Crippen molar-refractivity contribution in [3.8, 4) is 22.3 Å². The quantitative estimate of drug-likeness (QED) is 0.190. The molecule has 0 atom stereocenters. The molecule has 0 spiro atoms. The first-order valence-corrected chi connectivity index (χ1v) is 14.3. The van der Waals surface area contributed by atoms with Gasteiger partial charge in [-0.05, 0) is 78.0 Å². The molecular weight excluding hydrogens is 513 g/mol.